The Kier molecular flexibility index (Phi) is 15.0. The highest BCUT2D eigenvalue weighted by Crippen LogP contribution is 2.40. The normalized spacial score (nSPS) is 13.5. The van der Waals surface area contributed by atoms with E-state index >= 15 is 0 Å². The van der Waals surface area contributed by atoms with Gasteiger partial charge in [0.2, 0.25) is 27.7 Å². The summed E-state index contributed by atoms with van der Waals surface area (Å²) in [5.74, 6) is -1.34. The van der Waals surface area contributed by atoms with E-state index in [1.165, 1.54) is 13.1 Å². The minimum Gasteiger partial charge on any atom is -0.357 e. The van der Waals surface area contributed by atoms with Crippen molar-refractivity contribution in [2.45, 2.75) is 61.8 Å². The first kappa shape index (κ1) is 36.1. The average Bonchev–Trinajstić information content (AvgIpc) is 2.95. The molecular formula is C28H39N5O7S3. The fourth-order valence-corrected chi connectivity index (χ4v) is 7.18. The second kappa shape index (κ2) is 17.9. The molecule has 15 heteroatoms. The molecule has 3 amide bonds. The van der Waals surface area contributed by atoms with Gasteiger partial charge in [0, 0.05) is 26.1 Å². The van der Waals surface area contributed by atoms with Gasteiger partial charge < -0.3 is 16.0 Å². The van der Waals surface area contributed by atoms with Gasteiger partial charge in [0.15, 0.2) is 0 Å². The van der Waals surface area contributed by atoms with Crippen molar-refractivity contribution in [2.75, 3.05) is 19.8 Å². The Balaban J connectivity index is 2.22. The van der Waals surface area contributed by atoms with Gasteiger partial charge in [0.1, 0.15) is 12.1 Å². The quantitative estimate of drug-likeness (QED) is 0.0815. The van der Waals surface area contributed by atoms with Crippen molar-refractivity contribution >= 4 is 55.0 Å². The van der Waals surface area contributed by atoms with Crippen molar-refractivity contribution in [3.8, 4) is 0 Å². The largest absolute Gasteiger partial charge is 0.357 e. The van der Waals surface area contributed by atoms with E-state index < -0.39 is 44.1 Å². The Labute approximate surface area is 260 Å². The number of hydrogen-bond donors (Lipinski definition) is 4. The van der Waals surface area contributed by atoms with Crippen LogP contribution in [-0.2, 0) is 30.8 Å². The molecule has 0 heterocycles. The topological polar surface area (TPSA) is 177 Å². The summed E-state index contributed by atoms with van der Waals surface area (Å²) in [4.78, 5) is 51.0. The fourth-order valence-electron chi connectivity index (χ4n) is 4.03. The van der Waals surface area contributed by atoms with Crippen molar-refractivity contribution in [2.24, 2.45) is 5.92 Å². The summed E-state index contributed by atoms with van der Waals surface area (Å²) in [5, 5.41) is 18.9. The van der Waals surface area contributed by atoms with Gasteiger partial charge in [-0.05, 0) is 47.6 Å². The number of carbonyl (C=O) groups excluding carboxylic acids is 3. The maximum absolute atomic E-state index is 13.6. The number of nitro benzene ring substituents is 1. The summed E-state index contributed by atoms with van der Waals surface area (Å²) >= 11 is 0. The van der Waals surface area contributed by atoms with E-state index in [-0.39, 0.29) is 36.9 Å². The Morgan fingerprint density at radius 2 is 1.56 bits per heavy atom. The number of sulfonamides is 1. The summed E-state index contributed by atoms with van der Waals surface area (Å²) < 4.78 is 25.4. The van der Waals surface area contributed by atoms with Gasteiger partial charge >= 0.3 is 0 Å². The van der Waals surface area contributed by atoms with Crippen LogP contribution in [0.1, 0.15) is 38.7 Å². The first-order chi connectivity index (χ1) is 20.3. The average molecular weight is 654 g/mol. The molecule has 0 radical (unpaired) electrons. The lowest BCUT2D eigenvalue weighted by molar-refractivity contribution is -0.387. The van der Waals surface area contributed by atoms with E-state index in [0.717, 1.165) is 33.4 Å². The Hall–Kier alpha value is -3.14. The smallest absolute Gasteiger partial charge is 0.283 e. The van der Waals surface area contributed by atoms with Gasteiger partial charge in [0.05, 0.1) is 21.3 Å². The van der Waals surface area contributed by atoms with Crippen molar-refractivity contribution in [1.82, 2.24) is 20.7 Å². The van der Waals surface area contributed by atoms with Crippen molar-refractivity contribution in [3.63, 3.8) is 0 Å². The summed E-state index contributed by atoms with van der Waals surface area (Å²) in [6.07, 6.45) is 2.14. The Bertz CT molecular complexity index is 1340. The molecule has 0 bridgehead atoms. The molecule has 2 aromatic rings. The molecule has 43 heavy (non-hydrogen) atoms. The molecule has 0 aromatic heterocycles. The van der Waals surface area contributed by atoms with Crippen LogP contribution in [0.4, 0.5) is 5.69 Å². The van der Waals surface area contributed by atoms with E-state index in [9.17, 15) is 32.9 Å². The van der Waals surface area contributed by atoms with Crippen molar-refractivity contribution in [1.29, 1.82) is 0 Å². The van der Waals surface area contributed by atoms with Crippen LogP contribution in [0.5, 0.6) is 0 Å². The van der Waals surface area contributed by atoms with Gasteiger partial charge in [-0.15, -0.1) is 0 Å². The summed E-state index contributed by atoms with van der Waals surface area (Å²) in [7, 11) is 0.220. The predicted octanol–water partition coefficient (Wildman–Crippen LogP) is 3.04. The molecule has 12 nitrogen and oxygen atoms in total. The first-order valence-corrected chi connectivity index (χ1v) is 17.8. The third-order valence-electron chi connectivity index (χ3n) is 6.12. The molecule has 1 unspecified atom stereocenters. The number of likely N-dealkylation sites (N-methyl/N-ethyl adjacent to an activating group) is 1. The summed E-state index contributed by atoms with van der Waals surface area (Å²) in [6, 6.07) is 13.6. The van der Waals surface area contributed by atoms with Crippen LogP contribution < -0.4 is 20.7 Å². The number of amides is 3. The molecule has 0 aliphatic carbocycles. The minimum absolute atomic E-state index is 0.0232. The lowest BCUT2D eigenvalue weighted by Crippen LogP contribution is -2.55. The zero-order valence-electron chi connectivity index (χ0n) is 24.6. The van der Waals surface area contributed by atoms with Crippen molar-refractivity contribution < 1.29 is 27.7 Å². The fraction of sp³-hybridized carbons (Fsp3) is 0.464. The van der Waals surface area contributed by atoms with Crippen LogP contribution in [0.15, 0.2) is 59.5 Å². The third-order valence-corrected chi connectivity index (χ3v) is 9.67. The molecule has 0 aliphatic heterocycles. The highest BCUT2D eigenvalue weighted by Gasteiger charge is 2.30. The minimum atomic E-state index is -3.42. The Morgan fingerprint density at radius 3 is 2.16 bits per heavy atom. The number of nitrogens with zero attached hydrogens (tertiary/aromatic N) is 1. The first-order valence-electron chi connectivity index (χ1n) is 13.7. The van der Waals surface area contributed by atoms with Crippen molar-refractivity contribution in [3.05, 3.63) is 70.3 Å². The van der Waals surface area contributed by atoms with E-state index in [0.29, 0.717) is 17.7 Å². The highest BCUT2D eigenvalue weighted by molar-refractivity contribution is 8.77. The lowest BCUT2D eigenvalue weighted by Gasteiger charge is -2.25. The van der Waals surface area contributed by atoms with Crippen LogP contribution >= 0.6 is 21.6 Å². The molecule has 3 atom stereocenters. The van der Waals surface area contributed by atoms with Gasteiger partial charge in [-0.25, -0.2) is 13.1 Å². The molecule has 0 saturated heterocycles. The number of nitro groups is 1. The van der Waals surface area contributed by atoms with Crippen LogP contribution in [0, 0.1) is 16.0 Å². The third kappa shape index (κ3) is 13.4. The molecule has 0 spiro atoms. The molecule has 4 N–H and O–H groups in total. The maximum Gasteiger partial charge on any atom is 0.283 e. The second-order valence-electron chi connectivity index (χ2n) is 10.3. The summed E-state index contributed by atoms with van der Waals surface area (Å²) in [6.45, 7) is 3.91. The van der Waals surface area contributed by atoms with Gasteiger partial charge in [-0.2, -0.15) is 0 Å². The van der Waals surface area contributed by atoms with Crippen LogP contribution in [0.25, 0.3) is 0 Å². The number of carbonyl (C=O) groups is 3. The SMILES string of the molecule is CNC(=O)[C@H](Cc1ccccc1)NC(=O)[C@H](CC(C)C)NC(=O)C(CCCNS(C)(=O)=O)SSc1ccccc1[N+](=O)[O-]. The Morgan fingerprint density at radius 1 is 0.930 bits per heavy atom. The lowest BCUT2D eigenvalue weighted by atomic mass is 10.0. The van der Waals surface area contributed by atoms with Gasteiger partial charge in [0.25, 0.3) is 5.69 Å². The highest BCUT2D eigenvalue weighted by atomic mass is 33.1. The van der Waals surface area contributed by atoms with E-state index in [1.807, 2.05) is 44.2 Å². The zero-order valence-corrected chi connectivity index (χ0v) is 27.0. The zero-order chi connectivity index (χ0) is 32.0. The number of nitrogens with one attached hydrogen (secondary N) is 4. The van der Waals surface area contributed by atoms with Gasteiger partial charge in [-0.3, -0.25) is 24.5 Å². The van der Waals surface area contributed by atoms with Crippen LogP contribution in [0.2, 0.25) is 0 Å². The monoisotopic (exact) mass is 653 g/mol. The molecule has 0 fully saturated rings. The standard InChI is InChI=1S/C28H39N5O7S3/c1-19(2)17-21(27(35)31-22(26(34)29-3)18-20-11-6-5-7-12-20)32-28(36)25(15-10-16-30-43(4,39)40)42-41-24-14-9-8-13-23(24)33(37)38/h5-9,11-14,19,21-22,25,30H,10,15-18H2,1-4H3,(H,29,34)(H,31,35)(H,32,36)/t21-,22-,25?/m0/s1. The molecule has 0 aliphatic rings. The molecule has 0 saturated carbocycles. The number of benzene rings is 2. The summed E-state index contributed by atoms with van der Waals surface area (Å²) in [5.41, 5.74) is 0.751. The van der Waals surface area contributed by atoms with E-state index in [4.69, 9.17) is 0 Å². The van der Waals surface area contributed by atoms with Gasteiger partial charge in [-0.1, -0.05) is 67.1 Å². The maximum atomic E-state index is 13.6. The molecule has 2 rings (SSSR count). The number of hydrogen-bond acceptors (Lipinski definition) is 9. The van der Waals surface area contributed by atoms with E-state index in [1.54, 1.807) is 18.2 Å². The van der Waals surface area contributed by atoms with Crippen LogP contribution in [0.3, 0.4) is 0 Å². The molecule has 2 aromatic carbocycles. The van der Waals surface area contributed by atoms with E-state index in [2.05, 4.69) is 20.7 Å². The predicted molar refractivity (Wildman–Crippen MR) is 170 cm³/mol. The van der Waals surface area contributed by atoms with Crippen LogP contribution in [-0.4, -0.2) is 68.2 Å². The molecular weight excluding hydrogens is 615 g/mol. The second-order valence-corrected chi connectivity index (χ2v) is 14.5. The number of para-hydroxylation sites is 1. The molecule has 236 valence electrons. The number of rotatable bonds is 18.